The number of amides is 2. The zero-order valence-electron chi connectivity index (χ0n) is 21.8. The molecule has 0 atom stereocenters. The molecule has 2 amide bonds. The number of anilines is 2. The predicted molar refractivity (Wildman–Crippen MR) is 151 cm³/mol. The van der Waals surface area contributed by atoms with Crippen LogP contribution in [-0.2, 0) is 15.8 Å². The Bertz CT molecular complexity index is 1360. The van der Waals surface area contributed by atoms with Gasteiger partial charge >= 0.3 is 6.18 Å². The Kier molecular flexibility index (Phi) is 9.01. The Labute approximate surface area is 230 Å². The van der Waals surface area contributed by atoms with Crippen LogP contribution in [0.5, 0.6) is 0 Å². The molecule has 0 fully saturated rings. The van der Waals surface area contributed by atoms with Crippen LogP contribution in [0.25, 0.3) is 6.08 Å². The maximum absolute atomic E-state index is 13.4. The molecule has 0 spiro atoms. The number of nitrogens with zero attached hydrogens (tertiary/aromatic N) is 2. The number of thioether (sulfide) groups is 1. The van der Waals surface area contributed by atoms with Crippen molar-refractivity contribution >= 4 is 41.0 Å². The van der Waals surface area contributed by atoms with Gasteiger partial charge in [-0.2, -0.15) is 13.2 Å². The van der Waals surface area contributed by atoms with Gasteiger partial charge in [-0.25, -0.2) is 0 Å². The van der Waals surface area contributed by atoms with E-state index in [1.54, 1.807) is 18.2 Å². The van der Waals surface area contributed by atoms with Crippen LogP contribution in [0, 0.1) is 6.92 Å². The molecule has 9 heteroatoms. The third kappa shape index (κ3) is 7.23. The largest absolute Gasteiger partial charge is 0.416 e. The topological polar surface area (TPSA) is 52.7 Å². The first-order valence-corrected chi connectivity index (χ1v) is 13.5. The van der Waals surface area contributed by atoms with Crippen LogP contribution >= 0.6 is 11.8 Å². The highest BCUT2D eigenvalue weighted by atomic mass is 32.2. The molecule has 0 aromatic heterocycles. The number of rotatable bonds is 9. The van der Waals surface area contributed by atoms with E-state index in [1.807, 2.05) is 18.2 Å². The molecule has 0 bridgehead atoms. The van der Waals surface area contributed by atoms with E-state index in [9.17, 15) is 22.8 Å². The van der Waals surface area contributed by atoms with Gasteiger partial charge in [0.1, 0.15) is 6.54 Å². The van der Waals surface area contributed by atoms with Gasteiger partial charge in [0.2, 0.25) is 5.91 Å². The number of halogens is 3. The number of hydrogen-bond acceptors (Lipinski definition) is 4. The van der Waals surface area contributed by atoms with Gasteiger partial charge in [-0.05, 0) is 73.9 Å². The fourth-order valence-corrected chi connectivity index (χ4v) is 5.39. The number of aryl methyl sites for hydroxylation is 1. The molecular formula is C30H30F3N3O2S. The quantitative estimate of drug-likeness (QED) is 0.242. The molecule has 5 nitrogen and oxygen atoms in total. The molecule has 0 unspecified atom stereocenters. The van der Waals surface area contributed by atoms with Crippen LogP contribution in [0.4, 0.5) is 24.5 Å². The zero-order chi connectivity index (χ0) is 28.0. The lowest BCUT2D eigenvalue weighted by Crippen LogP contribution is -2.43. The second kappa shape index (κ2) is 12.4. The van der Waals surface area contributed by atoms with E-state index in [-0.39, 0.29) is 18.4 Å². The van der Waals surface area contributed by atoms with Crippen LogP contribution < -0.4 is 15.1 Å². The van der Waals surface area contributed by atoms with E-state index < -0.39 is 11.7 Å². The number of fused-ring (bicyclic) bond motifs is 1. The van der Waals surface area contributed by atoms with Crippen LogP contribution in [0.2, 0.25) is 0 Å². The van der Waals surface area contributed by atoms with Crippen molar-refractivity contribution in [3.63, 3.8) is 0 Å². The lowest BCUT2D eigenvalue weighted by atomic mass is 10.1. The summed E-state index contributed by atoms with van der Waals surface area (Å²) in [6, 6.07) is 20.2. The lowest BCUT2D eigenvalue weighted by molar-refractivity contribution is -0.137. The van der Waals surface area contributed by atoms with E-state index in [4.69, 9.17) is 0 Å². The van der Waals surface area contributed by atoms with Crippen LogP contribution in [0.1, 0.15) is 30.0 Å². The van der Waals surface area contributed by atoms with Crippen molar-refractivity contribution in [1.29, 1.82) is 0 Å². The summed E-state index contributed by atoms with van der Waals surface area (Å²) in [7, 11) is 0. The van der Waals surface area contributed by atoms with E-state index >= 15 is 0 Å². The monoisotopic (exact) mass is 553 g/mol. The van der Waals surface area contributed by atoms with Gasteiger partial charge in [-0.1, -0.05) is 48.2 Å². The van der Waals surface area contributed by atoms with Crippen molar-refractivity contribution in [3.8, 4) is 0 Å². The summed E-state index contributed by atoms with van der Waals surface area (Å²) in [6.45, 7) is 6.09. The fraction of sp³-hybridized carbons (Fsp3) is 0.267. The van der Waals surface area contributed by atoms with Crippen molar-refractivity contribution in [1.82, 2.24) is 5.32 Å². The summed E-state index contributed by atoms with van der Waals surface area (Å²) in [4.78, 5) is 31.0. The minimum Gasteiger partial charge on any atom is -0.372 e. The number of carbonyl (C=O) groups is 2. The second-order valence-electron chi connectivity index (χ2n) is 9.21. The molecule has 0 radical (unpaired) electrons. The maximum atomic E-state index is 13.4. The summed E-state index contributed by atoms with van der Waals surface area (Å²) < 4.78 is 38.8. The molecular weight excluding hydrogens is 523 g/mol. The summed E-state index contributed by atoms with van der Waals surface area (Å²) >= 11 is 1.24. The average Bonchev–Trinajstić information content (AvgIpc) is 2.91. The van der Waals surface area contributed by atoms with E-state index in [1.165, 1.54) is 34.4 Å². The van der Waals surface area contributed by atoms with Gasteiger partial charge in [-0.15, -0.1) is 0 Å². The number of carbonyl (C=O) groups excluding carboxylic acids is 2. The highest BCUT2D eigenvalue weighted by molar-refractivity contribution is 8.04. The van der Waals surface area contributed by atoms with Gasteiger partial charge in [0, 0.05) is 30.2 Å². The van der Waals surface area contributed by atoms with Crippen molar-refractivity contribution in [2.24, 2.45) is 0 Å². The molecule has 204 valence electrons. The van der Waals surface area contributed by atoms with Crippen LogP contribution in [-0.4, -0.2) is 38.0 Å². The minimum atomic E-state index is -4.43. The smallest absolute Gasteiger partial charge is 0.372 e. The summed E-state index contributed by atoms with van der Waals surface area (Å²) in [5.74, 6) is -0.650. The number of alkyl halides is 3. The summed E-state index contributed by atoms with van der Waals surface area (Å²) in [5.41, 5.74) is 2.68. The van der Waals surface area contributed by atoms with Gasteiger partial charge in [0.15, 0.2) is 0 Å². The van der Waals surface area contributed by atoms with Crippen molar-refractivity contribution < 1.29 is 22.8 Å². The van der Waals surface area contributed by atoms with E-state index in [0.717, 1.165) is 42.2 Å². The van der Waals surface area contributed by atoms with Gasteiger partial charge in [-0.3, -0.25) is 14.5 Å². The molecule has 1 aliphatic heterocycles. The molecule has 3 aromatic carbocycles. The normalized spacial score (nSPS) is 14.3. The van der Waals surface area contributed by atoms with Crippen molar-refractivity contribution in [3.05, 3.63) is 94.4 Å². The first-order chi connectivity index (χ1) is 18.7. The maximum Gasteiger partial charge on any atom is 0.416 e. The molecule has 1 heterocycles. The Balaban J connectivity index is 1.40. The highest BCUT2D eigenvalue weighted by Crippen LogP contribution is 2.42. The molecule has 0 aliphatic carbocycles. The van der Waals surface area contributed by atoms with Gasteiger partial charge < -0.3 is 10.2 Å². The highest BCUT2D eigenvalue weighted by Gasteiger charge is 2.31. The van der Waals surface area contributed by atoms with E-state index in [0.29, 0.717) is 22.7 Å². The Hall–Kier alpha value is -3.72. The van der Waals surface area contributed by atoms with Crippen molar-refractivity contribution in [2.75, 3.05) is 36.0 Å². The Morgan fingerprint density at radius 2 is 1.79 bits per heavy atom. The van der Waals surface area contributed by atoms with Crippen LogP contribution in [0.15, 0.2) is 82.6 Å². The Morgan fingerprint density at radius 3 is 2.49 bits per heavy atom. The first-order valence-electron chi connectivity index (χ1n) is 12.7. The molecule has 39 heavy (non-hydrogen) atoms. The summed E-state index contributed by atoms with van der Waals surface area (Å²) in [5, 5.41) is 2.92. The molecule has 1 N–H and O–H groups in total. The van der Waals surface area contributed by atoms with Gasteiger partial charge in [0.05, 0.1) is 16.2 Å². The second-order valence-corrected chi connectivity index (χ2v) is 10.3. The Morgan fingerprint density at radius 1 is 1.05 bits per heavy atom. The fourth-order valence-electron chi connectivity index (χ4n) is 4.33. The van der Waals surface area contributed by atoms with Gasteiger partial charge in [0.25, 0.3) is 5.91 Å². The zero-order valence-corrected chi connectivity index (χ0v) is 22.6. The summed E-state index contributed by atoms with van der Waals surface area (Å²) in [6.07, 6.45) is -2.13. The minimum absolute atomic E-state index is 0.157. The molecule has 0 saturated heterocycles. The molecule has 4 rings (SSSR count). The number of hydrogen-bond donors (Lipinski definition) is 1. The van der Waals surface area contributed by atoms with Crippen LogP contribution in [0.3, 0.4) is 0 Å². The van der Waals surface area contributed by atoms with E-state index in [2.05, 4.69) is 42.3 Å². The number of para-hydroxylation sites is 1. The predicted octanol–water partition coefficient (Wildman–Crippen LogP) is 6.53. The average molecular weight is 554 g/mol. The SMILES string of the molecule is CCN(CCCNC(=O)CN1C(=O)C(=Cc2ccc(C(F)(F)F)cc2)Sc2ccccc21)c1cccc(C)c1. The lowest BCUT2D eigenvalue weighted by Gasteiger charge is -2.30. The molecule has 0 saturated carbocycles. The number of benzene rings is 3. The first kappa shape index (κ1) is 28.3. The third-order valence-electron chi connectivity index (χ3n) is 6.34. The standard InChI is InChI=1S/C30H30F3N3O2S/c1-3-35(24-9-6-8-21(2)18-24)17-7-16-34-28(37)20-36-25-10-4-5-11-26(25)39-27(29(36)38)19-22-12-14-23(15-13-22)30(31,32)33/h4-6,8-15,18-19H,3,7,16-17,20H2,1-2H3,(H,34,37). The molecule has 3 aromatic rings. The molecule has 1 aliphatic rings. The third-order valence-corrected chi connectivity index (χ3v) is 7.42. The van der Waals surface area contributed by atoms with Crippen molar-refractivity contribution in [2.45, 2.75) is 31.3 Å². The number of nitrogens with one attached hydrogen (secondary N) is 1.